The van der Waals surface area contributed by atoms with Crippen LogP contribution in [0, 0.1) is 6.92 Å². The highest BCUT2D eigenvalue weighted by Crippen LogP contribution is 2.42. The van der Waals surface area contributed by atoms with Gasteiger partial charge >= 0.3 is 5.97 Å². The molecule has 128 valence electrons. The van der Waals surface area contributed by atoms with Gasteiger partial charge in [-0.1, -0.05) is 24.3 Å². The van der Waals surface area contributed by atoms with Crippen LogP contribution in [-0.2, 0) is 19.0 Å². The van der Waals surface area contributed by atoms with Gasteiger partial charge in [-0.3, -0.25) is 4.79 Å². The quantitative estimate of drug-likeness (QED) is 0.774. The molecule has 1 saturated heterocycles. The van der Waals surface area contributed by atoms with Crippen LogP contribution in [0.15, 0.2) is 24.3 Å². The average Bonchev–Trinajstić information content (AvgIpc) is 2.98. The average molecular weight is 320 g/mol. The molecule has 4 nitrogen and oxygen atoms in total. The van der Waals surface area contributed by atoms with E-state index in [4.69, 9.17) is 9.47 Å². The SMILES string of the molecule is CCOC(C)=O.Cc1ccccc1C1CCC2(CC1)OCCO2. The molecule has 0 unspecified atom stereocenters. The lowest BCUT2D eigenvalue weighted by Crippen LogP contribution is -2.34. The molecular formula is C19H28O4. The first-order chi connectivity index (χ1) is 11.1. The van der Waals surface area contributed by atoms with E-state index in [1.807, 2.05) is 0 Å². The lowest BCUT2D eigenvalue weighted by atomic mass is 9.79. The van der Waals surface area contributed by atoms with Gasteiger partial charge in [0, 0.05) is 19.8 Å². The summed E-state index contributed by atoms with van der Waals surface area (Å²) in [5, 5.41) is 0. The van der Waals surface area contributed by atoms with Crippen molar-refractivity contribution in [1.29, 1.82) is 0 Å². The summed E-state index contributed by atoms with van der Waals surface area (Å²) in [4.78, 5) is 9.82. The van der Waals surface area contributed by atoms with Gasteiger partial charge in [-0.25, -0.2) is 0 Å². The largest absolute Gasteiger partial charge is 0.466 e. The van der Waals surface area contributed by atoms with E-state index in [-0.39, 0.29) is 11.8 Å². The van der Waals surface area contributed by atoms with Gasteiger partial charge in [-0.05, 0) is 43.7 Å². The van der Waals surface area contributed by atoms with E-state index >= 15 is 0 Å². The minimum absolute atomic E-state index is 0.211. The summed E-state index contributed by atoms with van der Waals surface area (Å²) >= 11 is 0. The second kappa shape index (κ2) is 8.46. The normalized spacial score (nSPS) is 20.0. The summed E-state index contributed by atoms with van der Waals surface area (Å²) in [5.74, 6) is 0.256. The van der Waals surface area contributed by atoms with Crippen molar-refractivity contribution in [1.82, 2.24) is 0 Å². The maximum absolute atomic E-state index is 9.82. The van der Waals surface area contributed by atoms with Crippen LogP contribution in [-0.4, -0.2) is 31.6 Å². The maximum Gasteiger partial charge on any atom is 0.302 e. The Morgan fingerprint density at radius 2 is 1.83 bits per heavy atom. The van der Waals surface area contributed by atoms with Gasteiger partial charge in [0.25, 0.3) is 0 Å². The zero-order valence-electron chi connectivity index (χ0n) is 14.5. The van der Waals surface area contributed by atoms with Crippen LogP contribution in [0.25, 0.3) is 0 Å². The molecule has 0 amide bonds. The van der Waals surface area contributed by atoms with Gasteiger partial charge in [0.05, 0.1) is 19.8 Å². The monoisotopic (exact) mass is 320 g/mol. The Kier molecular flexibility index (Phi) is 6.60. The number of esters is 1. The van der Waals surface area contributed by atoms with E-state index in [2.05, 4.69) is 35.9 Å². The molecule has 0 radical (unpaired) electrons. The number of rotatable bonds is 2. The molecule has 1 aromatic carbocycles. The van der Waals surface area contributed by atoms with Crippen LogP contribution >= 0.6 is 0 Å². The summed E-state index contributed by atoms with van der Waals surface area (Å²) < 4.78 is 16.0. The van der Waals surface area contributed by atoms with E-state index in [1.54, 1.807) is 6.92 Å². The standard InChI is InChI=1S/C15H20O2.C4H8O2/c1-12-4-2-3-5-14(12)13-6-8-15(9-7-13)16-10-11-17-15;1-3-6-4(2)5/h2-5,13H,6-11H2,1H3;3H2,1-2H3. The first-order valence-electron chi connectivity index (χ1n) is 8.53. The van der Waals surface area contributed by atoms with Crippen LogP contribution in [0.2, 0.25) is 0 Å². The van der Waals surface area contributed by atoms with Crippen LogP contribution in [0.3, 0.4) is 0 Å². The Balaban J connectivity index is 0.000000277. The Morgan fingerprint density at radius 3 is 2.30 bits per heavy atom. The number of benzene rings is 1. The van der Waals surface area contributed by atoms with Crippen LogP contribution in [0.4, 0.5) is 0 Å². The Hall–Kier alpha value is -1.39. The fraction of sp³-hybridized carbons (Fsp3) is 0.632. The highest BCUT2D eigenvalue weighted by atomic mass is 16.7. The van der Waals surface area contributed by atoms with Crippen molar-refractivity contribution in [2.24, 2.45) is 0 Å². The van der Waals surface area contributed by atoms with Gasteiger partial charge in [-0.2, -0.15) is 0 Å². The molecule has 1 spiro atoms. The van der Waals surface area contributed by atoms with E-state index in [1.165, 1.54) is 30.9 Å². The highest BCUT2D eigenvalue weighted by Gasteiger charge is 2.40. The summed E-state index contributed by atoms with van der Waals surface area (Å²) in [6.45, 7) is 7.41. The van der Waals surface area contributed by atoms with Crippen LogP contribution in [0.1, 0.15) is 56.6 Å². The van der Waals surface area contributed by atoms with Crippen LogP contribution < -0.4 is 0 Å². The molecule has 4 heteroatoms. The number of hydrogen-bond acceptors (Lipinski definition) is 4. The van der Waals surface area contributed by atoms with Crippen molar-refractivity contribution in [2.45, 2.75) is 58.2 Å². The lowest BCUT2D eigenvalue weighted by Gasteiger charge is -2.36. The topological polar surface area (TPSA) is 44.8 Å². The van der Waals surface area contributed by atoms with Crippen molar-refractivity contribution >= 4 is 5.97 Å². The molecule has 0 bridgehead atoms. The van der Waals surface area contributed by atoms with Gasteiger partial charge in [0.2, 0.25) is 0 Å². The highest BCUT2D eigenvalue weighted by molar-refractivity contribution is 5.65. The first-order valence-corrected chi connectivity index (χ1v) is 8.53. The molecule has 3 rings (SSSR count). The first kappa shape index (κ1) is 18.0. The Morgan fingerprint density at radius 1 is 1.22 bits per heavy atom. The Labute approximate surface area is 139 Å². The molecule has 1 heterocycles. The lowest BCUT2D eigenvalue weighted by molar-refractivity contribution is -0.178. The molecule has 0 aromatic heterocycles. The minimum Gasteiger partial charge on any atom is -0.466 e. The van der Waals surface area contributed by atoms with E-state index < -0.39 is 0 Å². The minimum atomic E-state index is -0.223. The fourth-order valence-electron chi connectivity index (χ4n) is 3.40. The van der Waals surface area contributed by atoms with E-state index in [9.17, 15) is 4.79 Å². The summed E-state index contributed by atoms with van der Waals surface area (Å²) in [5.41, 5.74) is 2.93. The summed E-state index contributed by atoms with van der Waals surface area (Å²) in [6.07, 6.45) is 4.47. The molecular weight excluding hydrogens is 292 g/mol. The van der Waals surface area contributed by atoms with Gasteiger partial charge < -0.3 is 14.2 Å². The Bertz CT molecular complexity index is 496. The van der Waals surface area contributed by atoms with Gasteiger partial charge in [-0.15, -0.1) is 0 Å². The number of ether oxygens (including phenoxy) is 3. The predicted octanol–water partition coefficient (Wildman–Crippen LogP) is 3.97. The molecule has 2 aliphatic rings. The van der Waals surface area contributed by atoms with Gasteiger partial charge in [0.15, 0.2) is 5.79 Å². The van der Waals surface area contributed by atoms with Crippen molar-refractivity contribution in [3.8, 4) is 0 Å². The summed E-state index contributed by atoms with van der Waals surface area (Å²) in [6, 6.07) is 8.75. The van der Waals surface area contributed by atoms with Crippen molar-refractivity contribution in [3.05, 3.63) is 35.4 Å². The zero-order valence-corrected chi connectivity index (χ0v) is 14.5. The molecule has 23 heavy (non-hydrogen) atoms. The second-order valence-corrected chi connectivity index (χ2v) is 6.16. The molecule has 1 aliphatic heterocycles. The fourth-order valence-corrected chi connectivity index (χ4v) is 3.40. The number of aryl methyl sites for hydroxylation is 1. The molecule has 1 aliphatic carbocycles. The third kappa shape index (κ3) is 5.05. The van der Waals surface area contributed by atoms with Crippen molar-refractivity contribution < 1.29 is 19.0 Å². The third-order valence-corrected chi connectivity index (χ3v) is 4.54. The molecule has 0 N–H and O–H groups in total. The number of carbonyl (C=O) groups excluding carboxylic acids is 1. The molecule has 1 saturated carbocycles. The molecule has 2 fully saturated rings. The number of hydrogen-bond donors (Lipinski definition) is 0. The second-order valence-electron chi connectivity index (χ2n) is 6.16. The van der Waals surface area contributed by atoms with Gasteiger partial charge in [0.1, 0.15) is 0 Å². The maximum atomic E-state index is 9.82. The molecule has 1 aromatic rings. The zero-order chi connectivity index (χ0) is 16.7. The van der Waals surface area contributed by atoms with Crippen molar-refractivity contribution in [3.63, 3.8) is 0 Å². The predicted molar refractivity (Wildman–Crippen MR) is 89.3 cm³/mol. The number of carbonyl (C=O) groups is 1. The van der Waals surface area contributed by atoms with Crippen molar-refractivity contribution in [2.75, 3.05) is 19.8 Å². The smallest absolute Gasteiger partial charge is 0.302 e. The molecule has 0 atom stereocenters. The van der Waals surface area contributed by atoms with E-state index in [0.717, 1.165) is 26.1 Å². The van der Waals surface area contributed by atoms with E-state index in [0.29, 0.717) is 12.5 Å². The third-order valence-electron chi connectivity index (χ3n) is 4.54. The van der Waals surface area contributed by atoms with Crippen LogP contribution in [0.5, 0.6) is 0 Å². The summed E-state index contributed by atoms with van der Waals surface area (Å²) in [7, 11) is 0.